The van der Waals surface area contributed by atoms with Crippen LogP contribution in [0.3, 0.4) is 0 Å². The average Bonchev–Trinajstić information content (AvgIpc) is 2.19. The van der Waals surface area contributed by atoms with Gasteiger partial charge in [-0.25, -0.2) is 0 Å². The number of hydrogen-bond acceptors (Lipinski definition) is 2. The topological polar surface area (TPSA) is 23.5 Å². The second-order valence-electron chi connectivity index (χ2n) is 6.13. The van der Waals surface area contributed by atoms with Crippen molar-refractivity contribution in [3.63, 3.8) is 0 Å². The number of aliphatic hydroxyl groups excluding tert-OH is 1. The molecule has 1 saturated carbocycles. The number of alkyl halides is 3. The highest BCUT2D eigenvalue weighted by atomic mass is 19.4. The molecule has 2 atom stereocenters. The van der Waals surface area contributed by atoms with Crippen LogP contribution in [0.15, 0.2) is 0 Å². The zero-order valence-electron chi connectivity index (χ0n) is 11.4. The summed E-state index contributed by atoms with van der Waals surface area (Å²) in [5.41, 5.74) is 0.0154. The Balaban J connectivity index is 2.76. The van der Waals surface area contributed by atoms with Gasteiger partial charge in [-0.2, -0.15) is 13.2 Å². The van der Waals surface area contributed by atoms with Crippen LogP contribution in [0, 0.1) is 5.41 Å². The van der Waals surface area contributed by atoms with Gasteiger partial charge in [0.15, 0.2) is 0 Å². The van der Waals surface area contributed by atoms with Crippen LogP contribution < -0.4 is 0 Å². The molecule has 1 rings (SSSR count). The summed E-state index contributed by atoms with van der Waals surface area (Å²) in [5.74, 6) is 0. The minimum atomic E-state index is -4.20. The van der Waals surface area contributed by atoms with Crippen LogP contribution in [0.25, 0.3) is 0 Å². The first-order chi connectivity index (χ1) is 8.14. The number of nitrogens with zero attached hydrogens (tertiary/aromatic N) is 1. The Morgan fingerprint density at radius 3 is 2.44 bits per heavy atom. The Bertz CT molecular complexity index is 265. The zero-order valence-corrected chi connectivity index (χ0v) is 11.4. The standard InChI is InChI=1S/C13H24F3NO/c1-4-7-17(9-13(14,15)16)10-8-12(2,3)6-5-11(10)18/h10-11,18H,4-9H2,1-3H3. The van der Waals surface area contributed by atoms with Gasteiger partial charge in [-0.3, -0.25) is 4.90 Å². The van der Waals surface area contributed by atoms with Crippen molar-refractivity contribution in [2.45, 2.75) is 64.8 Å². The first kappa shape index (κ1) is 15.8. The first-order valence-corrected chi connectivity index (χ1v) is 6.63. The second kappa shape index (κ2) is 5.78. The molecule has 0 aromatic carbocycles. The van der Waals surface area contributed by atoms with Crippen LogP contribution in [0.1, 0.15) is 46.5 Å². The van der Waals surface area contributed by atoms with E-state index in [0.717, 1.165) is 6.42 Å². The van der Waals surface area contributed by atoms with E-state index in [4.69, 9.17) is 0 Å². The van der Waals surface area contributed by atoms with Crippen LogP contribution in [0.5, 0.6) is 0 Å². The smallest absolute Gasteiger partial charge is 0.391 e. The summed E-state index contributed by atoms with van der Waals surface area (Å²) in [4.78, 5) is 1.41. The molecule has 0 aliphatic heterocycles. The highest BCUT2D eigenvalue weighted by Crippen LogP contribution is 2.38. The third-order valence-electron chi connectivity index (χ3n) is 3.68. The fourth-order valence-corrected chi connectivity index (χ4v) is 2.79. The third kappa shape index (κ3) is 4.76. The lowest BCUT2D eigenvalue weighted by Gasteiger charge is -2.44. The summed E-state index contributed by atoms with van der Waals surface area (Å²) in [7, 11) is 0. The molecule has 1 N–H and O–H groups in total. The van der Waals surface area contributed by atoms with Crippen LogP contribution in [-0.4, -0.2) is 41.4 Å². The Kier molecular flexibility index (Phi) is 5.06. The van der Waals surface area contributed by atoms with Gasteiger partial charge in [-0.1, -0.05) is 20.8 Å². The van der Waals surface area contributed by atoms with Crippen molar-refractivity contribution >= 4 is 0 Å². The normalized spacial score (nSPS) is 28.7. The van der Waals surface area contributed by atoms with E-state index in [1.165, 1.54) is 4.90 Å². The van der Waals surface area contributed by atoms with Crippen molar-refractivity contribution in [1.82, 2.24) is 4.90 Å². The molecular formula is C13H24F3NO. The molecule has 1 aliphatic carbocycles. The number of rotatable bonds is 4. The molecular weight excluding hydrogens is 243 g/mol. The Hall–Kier alpha value is -0.290. The number of aliphatic hydroxyl groups is 1. The van der Waals surface area contributed by atoms with Gasteiger partial charge in [-0.05, 0) is 37.6 Å². The van der Waals surface area contributed by atoms with E-state index in [2.05, 4.69) is 13.8 Å². The fraction of sp³-hybridized carbons (Fsp3) is 1.00. The molecule has 0 amide bonds. The summed E-state index contributed by atoms with van der Waals surface area (Å²) in [6, 6.07) is -0.365. The van der Waals surface area contributed by atoms with Gasteiger partial charge in [0.2, 0.25) is 0 Å². The largest absolute Gasteiger partial charge is 0.401 e. The summed E-state index contributed by atoms with van der Waals surface area (Å²) >= 11 is 0. The molecule has 0 radical (unpaired) electrons. The predicted molar refractivity (Wildman–Crippen MR) is 65.3 cm³/mol. The van der Waals surface area contributed by atoms with Gasteiger partial charge in [0.1, 0.15) is 0 Å². The number of hydrogen-bond donors (Lipinski definition) is 1. The maximum Gasteiger partial charge on any atom is 0.401 e. The average molecular weight is 267 g/mol. The van der Waals surface area contributed by atoms with E-state index >= 15 is 0 Å². The maximum atomic E-state index is 12.6. The van der Waals surface area contributed by atoms with Crippen molar-refractivity contribution in [2.75, 3.05) is 13.1 Å². The molecule has 18 heavy (non-hydrogen) atoms. The first-order valence-electron chi connectivity index (χ1n) is 6.63. The van der Waals surface area contributed by atoms with Gasteiger partial charge in [0.05, 0.1) is 12.6 Å². The highest BCUT2D eigenvalue weighted by Gasteiger charge is 2.40. The maximum absolute atomic E-state index is 12.6. The van der Waals surface area contributed by atoms with Crippen molar-refractivity contribution in [2.24, 2.45) is 5.41 Å². The minimum absolute atomic E-state index is 0.0154. The lowest BCUT2D eigenvalue weighted by atomic mass is 9.73. The summed E-state index contributed by atoms with van der Waals surface area (Å²) < 4.78 is 37.7. The Labute approximate surface area is 107 Å². The van der Waals surface area contributed by atoms with Crippen molar-refractivity contribution in [3.8, 4) is 0 Å². The van der Waals surface area contributed by atoms with E-state index < -0.39 is 18.8 Å². The summed E-state index contributed by atoms with van der Waals surface area (Å²) in [6.07, 6.45) is -2.07. The van der Waals surface area contributed by atoms with Crippen molar-refractivity contribution in [1.29, 1.82) is 0 Å². The van der Waals surface area contributed by atoms with Gasteiger partial charge in [0, 0.05) is 6.04 Å². The van der Waals surface area contributed by atoms with E-state index in [9.17, 15) is 18.3 Å². The molecule has 1 fully saturated rings. The third-order valence-corrected chi connectivity index (χ3v) is 3.68. The van der Waals surface area contributed by atoms with Crippen LogP contribution in [0.2, 0.25) is 0 Å². The van der Waals surface area contributed by atoms with E-state index in [1.54, 1.807) is 0 Å². The summed E-state index contributed by atoms with van der Waals surface area (Å²) in [5, 5.41) is 9.99. The molecule has 0 bridgehead atoms. The van der Waals surface area contributed by atoms with E-state index in [-0.39, 0.29) is 11.5 Å². The van der Waals surface area contributed by atoms with E-state index in [0.29, 0.717) is 25.8 Å². The van der Waals surface area contributed by atoms with Gasteiger partial charge >= 0.3 is 6.18 Å². The molecule has 0 spiro atoms. The minimum Gasteiger partial charge on any atom is -0.391 e. The highest BCUT2D eigenvalue weighted by molar-refractivity contribution is 4.91. The Morgan fingerprint density at radius 2 is 1.94 bits per heavy atom. The van der Waals surface area contributed by atoms with E-state index in [1.807, 2.05) is 6.92 Å². The molecule has 2 unspecified atom stereocenters. The molecule has 0 heterocycles. The molecule has 5 heteroatoms. The molecule has 108 valence electrons. The van der Waals surface area contributed by atoms with Gasteiger partial charge in [0.25, 0.3) is 0 Å². The Morgan fingerprint density at radius 1 is 1.33 bits per heavy atom. The fourth-order valence-electron chi connectivity index (χ4n) is 2.79. The molecule has 2 nitrogen and oxygen atoms in total. The zero-order chi connectivity index (χ0) is 14.0. The molecule has 1 aliphatic rings. The quantitative estimate of drug-likeness (QED) is 0.845. The monoisotopic (exact) mass is 267 g/mol. The summed E-state index contributed by atoms with van der Waals surface area (Å²) in [6.45, 7) is 5.45. The lowest BCUT2D eigenvalue weighted by Crippen LogP contribution is -2.52. The van der Waals surface area contributed by atoms with Crippen LogP contribution >= 0.6 is 0 Å². The van der Waals surface area contributed by atoms with Crippen molar-refractivity contribution < 1.29 is 18.3 Å². The molecule has 0 aromatic heterocycles. The van der Waals surface area contributed by atoms with Crippen LogP contribution in [-0.2, 0) is 0 Å². The lowest BCUT2D eigenvalue weighted by molar-refractivity contribution is -0.160. The molecule has 0 aromatic rings. The predicted octanol–water partition coefficient (Wildman–Crippen LogP) is 3.20. The van der Waals surface area contributed by atoms with Gasteiger partial charge in [-0.15, -0.1) is 0 Å². The van der Waals surface area contributed by atoms with Crippen molar-refractivity contribution in [3.05, 3.63) is 0 Å². The van der Waals surface area contributed by atoms with Crippen LogP contribution in [0.4, 0.5) is 13.2 Å². The second-order valence-corrected chi connectivity index (χ2v) is 6.13. The number of halogens is 3. The SMILES string of the molecule is CCCN(CC(F)(F)F)C1CC(C)(C)CCC1O. The van der Waals surface area contributed by atoms with Gasteiger partial charge < -0.3 is 5.11 Å². The molecule has 0 saturated heterocycles.